The average Bonchev–Trinajstić information content (AvgIpc) is 2.76. The van der Waals surface area contributed by atoms with E-state index in [1.54, 1.807) is 0 Å². The first-order valence-corrected chi connectivity index (χ1v) is 9.40. The molecule has 29 heavy (non-hydrogen) atoms. The van der Waals surface area contributed by atoms with Gasteiger partial charge in [0.1, 0.15) is 24.5 Å². The molecule has 0 saturated carbocycles. The molecule has 0 amide bonds. The van der Waals surface area contributed by atoms with E-state index in [-0.39, 0.29) is 0 Å². The van der Waals surface area contributed by atoms with Crippen LogP contribution in [0.1, 0.15) is 37.0 Å². The molecule has 154 valence electrons. The lowest BCUT2D eigenvalue weighted by Gasteiger charge is -2.13. The van der Waals surface area contributed by atoms with Crippen LogP contribution in [-0.2, 0) is 25.7 Å². The van der Waals surface area contributed by atoms with Crippen LogP contribution in [0.15, 0.2) is 59.9 Å². The largest absolute Gasteiger partial charge is 0.503 e. The first-order chi connectivity index (χ1) is 14.1. The van der Waals surface area contributed by atoms with Crippen LogP contribution in [0.4, 0.5) is 0 Å². The maximum atomic E-state index is 12.1. The minimum absolute atomic E-state index is 0.292. The number of carbonyl (C=O) groups excluding carboxylic acids is 1. The minimum atomic E-state index is -0.469. The van der Waals surface area contributed by atoms with Crippen molar-refractivity contribution in [3.05, 3.63) is 71.5 Å². The van der Waals surface area contributed by atoms with Gasteiger partial charge in [-0.05, 0) is 54.3 Å². The second-order valence-electron chi connectivity index (χ2n) is 6.24. The summed E-state index contributed by atoms with van der Waals surface area (Å²) in [6, 6.07) is 15.1. The van der Waals surface area contributed by atoms with Crippen LogP contribution < -0.4 is 4.74 Å². The molecule has 2 aromatic carbocycles. The Kier molecular flexibility index (Phi) is 8.76. The molecule has 0 aliphatic carbocycles. The Hall–Kier alpha value is -3.28. The van der Waals surface area contributed by atoms with Crippen molar-refractivity contribution in [1.29, 1.82) is 0 Å². The summed E-state index contributed by atoms with van der Waals surface area (Å²) in [7, 11) is 2.83. The average molecular weight is 397 g/mol. The number of methoxy groups -OCH3 is 2. The highest BCUT2D eigenvalue weighted by Crippen LogP contribution is 2.23. The molecular weight excluding hydrogens is 370 g/mol. The third-order valence-electron chi connectivity index (χ3n) is 4.11. The molecular formula is C23H27NO5. The van der Waals surface area contributed by atoms with Gasteiger partial charge in [-0.2, -0.15) is 0 Å². The van der Waals surface area contributed by atoms with Crippen molar-refractivity contribution >= 4 is 17.3 Å². The van der Waals surface area contributed by atoms with Gasteiger partial charge in [0.25, 0.3) is 0 Å². The summed E-state index contributed by atoms with van der Waals surface area (Å²) in [6.07, 6.45) is 2.30. The molecule has 0 aromatic heterocycles. The number of hydrogen-bond acceptors (Lipinski definition) is 6. The molecule has 6 heteroatoms. The summed E-state index contributed by atoms with van der Waals surface area (Å²) in [5.41, 5.74) is 3.65. The molecule has 0 radical (unpaired) electrons. The zero-order valence-corrected chi connectivity index (χ0v) is 17.3. The molecule has 0 aliphatic rings. The molecule has 0 fully saturated rings. The Morgan fingerprint density at radius 1 is 1.07 bits per heavy atom. The van der Waals surface area contributed by atoms with Crippen molar-refractivity contribution < 1.29 is 23.8 Å². The van der Waals surface area contributed by atoms with E-state index >= 15 is 0 Å². The van der Waals surface area contributed by atoms with E-state index in [1.807, 2.05) is 62.4 Å². The van der Waals surface area contributed by atoms with Gasteiger partial charge in [-0.3, -0.25) is 0 Å². The lowest BCUT2D eigenvalue weighted by molar-refractivity contribution is -0.133. The molecule has 0 spiro atoms. The number of esters is 1. The highest BCUT2D eigenvalue weighted by Gasteiger charge is 2.16. The third-order valence-corrected chi connectivity index (χ3v) is 4.11. The normalized spacial score (nSPS) is 11.7. The highest BCUT2D eigenvalue weighted by atomic mass is 16.6. The van der Waals surface area contributed by atoms with E-state index in [1.165, 1.54) is 20.5 Å². The van der Waals surface area contributed by atoms with Crippen LogP contribution in [0.3, 0.4) is 0 Å². The van der Waals surface area contributed by atoms with E-state index in [9.17, 15) is 4.79 Å². The maximum absolute atomic E-state index is 12.1. The van der Waals surface area contributed by atoms with Gasteiger partial charge in [0.15, 0.2) is 0 Å². The molecule has 0 heterocycles. The van der Waals surface area contributed by atoms with E-state index in [4.69, 9.17) is 19.0 Å². The van der Waals surface area contributed by atoms with Gasteiger partial charge in [0.2, 0.25) is 0 Å². The summed E-state index contributed by atoms with van der Waals surface area (Å²) in [5, 5.41) is 4.09. The number of carbonyl (C=O) groups is 1. The Labute approximate surface area is 171 Å². The highest BCUT2D eigenvalue weighted by molar-refractivity contribution is 6.16. The molecule has 6 nitrogen and oxygen atoms in total. The lowest BCUT2D eigenvalue weighted by atomic mass is 10.0. The van der Waals surface area contributed by atoms with Crippen molar-refractivity contribution in [2.24, 2.45) is 5.16 Å². The second kappa shape index (κ2) is 11.5. The summed E-state index contributed by atoms with van der Waals surface area (Å²) in [6.45, 7) is 4.83. The van der Waals surface area contributed by atoms with Gasteiger partial charge in [-0.15, -0.1) is 0 Å². The van der Waals surface area contributed by atoms with Crippen LogP contribution in [0.2, 0.25) is 0 Å². The Morgan fingerprint density at radius 2 is 1.79 bits per heavy atom. The Balaban J connectivity index is 2.12. The second-order valence-corrected chi connectivity index (χ2v) is 6.24. The van der Waals surface area contributed by atoms with Gasteiger partial charge in [0.05, 0.1) is 26.2 Å². The van der Waals surface area contributed by atoms with Crippen molar-refractivity contribution in [1.82, 2.24) is 0 Å². The summed E-state index contributed by atoms with van der Waals surface area (Å²) >= 11 is 0. The van der Waals surface area contributed by atoms with Crippen molar-refractivity contribution in [3.63, 3.8) is 0 Å². The molecule has 0 aliphatic heterocycles. The van der Waals surface area contributed by atoms with E-state index in [0.717, 1.165) is 23.3 Å². The smallest absolute Gasteiger partial charge is 0.341 e. The predicted octanol–water partition coefficient (Wildman–Crippen LogP) is 4.58. The number of rotatable bonds is 10. The summed E-state index contributed by atoms with van der Waals surface area (Å²) in [5.74, 6) is 0.241. The first kappa shape index (κ1) is 22.0. The van der Waals surface area contributed by atoms with Crippen LogP contribution in [0.25, 0.3) is 5.57 Å². The van der Waals surface area contributed by atoms with Gasteiger partial charge in [-0.25, -0.2) is 4.79 Å². The number of nitrogens with zero attached hydrogens (tertiary/aromatic N) is 1. The van der Waals surface area contributed by atoms with Crippen LogP contribution in [0.5, 0.6) is 5.75 Å². The van der Waals surface area contributed by atoms with E-state index in [2.05, 4.69) is 5.16 Å². The fourth-order valence-electron chi connectivity index (χ4n) is 2.60. The van der Waals surface area contributed by atoms with E-state index in [0.29, 0.717) is 30.1 Å². The van der Waals surface area contributed by atoms with Crippen molar-refractivity contribution in [3.8, 4) is 5.75 Å². The number of ether oxygens (including phenoxy) is 3. The maximum Gasteiger partial charge on any atom is 0.341 e. The van der Waals surface area contributed by atoms with Crippen molar-refractivity contribution in [2.45, 2.75) is 26.9 Å². The van der Waals surface area contributed by atoms with Gasteiger partial charge >= 0.3 is 5.97 Å². The van der Waals surface area contributed by atoms with Crippen LogP contribution in [-0.4, -0.2) is 32.5 Å². The van der Waals surface area contributed by atoms with Crippen LogP contribution >= 0.6 is 0 Å². The van der Waals surface area contributed by atoms with E-state index < -0.39 is 5.97 Å². The monoisotopic (exact) mass is 397 g/mol. The molecule has 2 aromatic rings. The quantitative estimate of drug-likeness (QED) is 0.147. The third kappa shape index (κ3) is 6.38. The number of benzene rings is 2. The van der Waals surface area contributed by atoms with Crippen LogP contribution in [0, 0.1) is 0 Å². The molecule has 0 N–H and O–H groups in total. The van der Waals surface area contributed by atoms with Gasteiger partial charge in [-0.1, -0.05) is 36.3 Å². The topological polar surface area (TPSA) is 66.3 Å². The molecule has 0 saturated heterocycles. The SMILES string of the molecule is CCCO/N=C(\C)c1ccc(OCc2ccccc2/C(=C\OC)C(=O)OC)cc1. The summed E-state index contributed by atoms with van der Waals surface area (Å²) < 4.78 is 15.8. The predicted molar refractivity (Wildman–Crippen MR) is 113 cm³/mol. The van der Waals surface area contributed by atoms with Crippen molar-refractivity contribution in [2.75, 3.05) is 20.8 Å². The Bertz CT molecular complexity index is 856. The lowest BCUT2D eigenvalue weighted by Crippen LogP contribution is -2.08. The van der Waals surface area contributed by atoms with Gasteiger partial charge in [0, 0.05) is 0 Å². The molecule has 0 unspecified atom stereocenters. The first-order valence-electron chi connectivity index (χ1n) is 9.40. The van der Waals surface area contributed by atoms with Gasteiger partial charge < -0.3 is 19.0 Å². The molecule has 0 atom stereocenters. The molecule has 2 rings (SSSR count). The Morgan fingerprint density at radius 3 is 2.45 bits per heavy atom. The standard InChI is InChI=1S/C23H27NO5/c1-5-14-29-24-17(2)18-10-12-20(13-11-18)28-15-19-8-6-7-9-21(19)22(16-26-3)23(25)27-4/h6-13,16H,5,14-15H2,1-4H3/b22-16+,24-17+. The fourth-order valence-corrected chi connectivity index (χ4v) is 2.60. The zero-order valence-electron chi connectivity index (χ0n) is 17.3. The molecule has 0 bridgehead atoms. The minimum Gasteiger partial charge on any atom is -0.503 e. The summed E-state index contributed by atoms with van der Waals surface area (Å²) in [4.78, 5) is 17.3. The fraction of sp³-hybridized carbons (Fsp3) is 0.304. The number of hydrogen-bond donors (Lipinski definition) is 0. The zero-order chi connectivity index (χ0) is 21.1. The number of oxime groups is 1.